The average Bonchev–Trinajstić information content (AvgIpc) is 2.53. The normalized spacial score (nSPS) is 18.2. The van der Waals surface area contributed by atoms with Gasteiger partial charge in [-0.25, -0.2) is 0 Å². The minimum absolute atomic E-state index is 0.0704. The molecule has 126 valence electrons. The lowest BCUT2D eigenvalue weighted by Crippen LogP contribution is -2.41. The van der Waals surface area contributed by atoms with Crippen LogP contribution in [0.5, 0.6) is 11.5 Å². The minimum atomic E-state index is -0.321. The Morgan fingerprint density at radius 2 is 1.92 bits per heavy atom. The Labute approximate surface area is 142 Å². The largest absolute Gasteiger partial charge is 0.497 e. The number of methoxy groups -OCH3 is 1. The smallest absolute Gasteiger partial charge is 0.251 e. The first-order chi connectivity index (χ1) is 11.4. The molecule has 1 amide bonds. The molecule has 0 radical (unpaired) electrons. The summed E-state index contributed by atoms with van der Waals surface area (Å²) in [6, 6.07) is 13.2. The summed E-state index contributed by atoms with van der Waals surface area (Å²) >= 11 is 0. The van der Waals surface area contributed by atoms with Crippen LogP contribution in [-0.2, 0) is 0 Å². The number of rotatable bonds is 3. The Morgan fingerprint density at radius 1 is 1.21 bits per heavy atom. The monoisotopic (exact) mass is 325 g/mol. The standard InChI is InChI=1S/C20H23NO3/c1-13-5-10-16-17(12-20(2,3)24-18(16)11-13)21-19(22)14-6-8-15(23-4)9-7-14/h5-11,17H,12H2,1-4H3,(H,21,22)/t17-/m1/s1. The third-order valence-electron chi connectivity index (χ3n) is 4.28. The third-order valence-corrected chi connectivity index (χ3v) is 4.28. The summed E-state index contributed by atoms with van der Waals surface area (Å²) < 4.78 is 11.2. The number of hydrogen-bond donors (Lipinski definition) is 1. The first-order valence-corrected chi connectivity index (χ1v) is 8.12. The van der Waals surface area contributed by atoms with Crippen molar-refractivity contribution in [3.8, 4) is 11.5 Å². The predicted octanol–water partition coefficient (Wildman–Crippen LogP) is 4.04. The summed E-state index contributed by atoms with van der Waals surface area (Å²) in [5, 5.41) is 3.14. The molecule has 0 saturated carbocycles. The highest BCUT2D eigenvalue weighted by Gasteiger charge is 2.34. The molecule has 0 aliphatic carbocycles. The van der Waals surface area contributed by atoms with Crippen LogP contribution in [0.15, 0.2) is 42.5 Å². The molecule has 0 aromatic heterocycles. The highest BCUT2D eigenvalue weighted by molar-refractivity contribution is 5.94. The van der Waals surface area contributed by atoms with Crippen LogP contribution in [0, 0.1) is 6.92 Å². The van der Waals surface area contributed by atoms with Crippen LogP contribution in [0.1, 0.15) is 47.8 Å². The summed E-state index contributed by atoms with van der Waals surface area (Å²) in [4.78, 5) is 12.6. The topological polar surface area (TPSA) is 47.6 Å². The van der Waals surface area contributed by atoms with Crippen molar-refractivity contribution in [3.63, 3.8) is 0 Å². The molecule has 1 aliphatic heterocycles. The number of ether oxygens (including phenoxy) is 2. The zero-order valence-electron chi connectivity index (χ0n) is 14.6. The number of nitrogens with one attached hydrogen (secondary N) is 1. The first-order valence-electron chi connectivity index (χ1n) is 8.12. The van der Waals surface area contributed by atoms with Gasteiger partial charge >= 0.3 is 0 Å². The second-order valence-corrected chi connectivity index (χ2v) is 6.86. The lowest BCUT2D eigenvalue weighted by atomic mass is 9.89. The number of carbonyl (C=O) groups excluding carboxylic acids is 1. The van der Waals surface area contributed by atoms with Gasteiger partial charge in [-0.2, -0.15) is 0 Å². The molecule has 4 nitrogen and oxygen atoms in total. The van der Waals surface area contributed by atoms with Crippen molar-refractivity contribution in [2.75, 3.05) is 7.11 Å². The van der Waals surface area contributed by atoms with E-state index in [4.69, 9.17) is 9.47 Å². The number of amides is 1. The molecule has 1 heterocycles. The van der Waals surface area contributed by atoms with Gasteiger partial charge in [0.05, 0.1) is 13.2 Å². The number of hydrogen-bond acceptors (Lipinski definition) is 3. The van der Waals surface area contributed by atoms with E-state index in [0.717, 1.165) is 29.0 Å². The number of carbonyl (C=O) groups is 1. The molecule has 0 bridgehead atoms. The highest BCUT2D eigenvalue weighted by Crippen LogP contribution is 2.40. The van der Waals surface area contributed by atoms with E-state index in [9.17, 15) is 4.79 Å². The van der Waals surface area contributed by atoms with Crippen molar-refractivity contribution in [2.45, 2.75) is 38.8 Å². The Bertz CT molecular complexity index is 750. The quantitative estimate of drug-likeness (QED) is 0.926. The van der Waals surface area contributed by atoms with Gasteiger partial charge in [-0.3, -0.25) is 4.79 Å². The number of aryl methyl sites for hydroxylation is 1. The maximum absolute atomic E-state index is 12.6. The van der Waals surface area contributed by atoms with Gasteiger partial charge in [0.25, 0.3) is 5.91 Å². The fraction of sp³-hybridized carbons (Fsp3) is 0.350. The van der Waals surface area contributed by atoms with Gasteiger partial charge in [0.2, 0.25) is 0 Å². The summed E-state index contributed by atoms with van der Waals surface area (Å²) in [6.45, 7) is 6.13. The van der Waals surface area contributed by atoms with Crippen molar-refractivity contribution < 1.29 is 14.3 Å². The molecule has 1 atom stereocenters. The Morgan fingerprint density at radius 3 is 2.58 bits per heavy atom. The van der Waals surface area contributed by atoms with E-state index < -0.39 is 0 Å². The maximum Gasteiger partial charge on any atom is 0.251 e. The molecule has 1 N–H and O–H groups in total. The van der Waals surface area contributed by atoms with Crippen LogP contribution < -0.4 is 14.8 Å². The average molecular weight is 325 g/mol. The molecule has 2 aromatic carbocycles. The third kappa shape index (κ3) is 3.37. The molecular weight excluding hydrogens is 302 g/mol. The SMILES string of the molecule is COc1ccc(C(=O)N[C@@H]2CC(C)(C)Oc3cc(C)ccc32)cc1. The maximum atomic E-state index is 12.6. The minimum Gasteiger partial charge on any atom is -0.497 e. The second kappa shape index (κ2) is 6.19. The van der Waals surface area contributed by atoms with E-state index in [0.29, 0.717) is 5.56 Å². The molecular formula is C20H23NO3. The van der Waals surface area contributed by atoms with Crippen molar-refractivity contribution in [2.24, 2.45) is 0 Å². The molecule has 0 fully saturated rings. The zero-order valence-corrected chi connectivity index (χ0v) is 14.6. The molecule has 4 heteroatoms. The van der Waals surface area contributed by atoms with Gasteiger partial charge in [0.1, 0.15) is 17.1 Å². The molecule has 24 heavy (non-hydrogen) atoms. The summed E-state index contributed by atoms with van der Waals surface area (Å²) in [5.74, 6) is 1.50. The van der Waals surface area contributed by atoms with Gasteiger partial charge in [0, 0.05) is 17.5 Å². The van der Waals surface area contributed by atoms with Crippen LogP contribution in [0.3, 0.4) is 0 Å². The molecule has 2 aromatic rings. The molecule has 3 rings (SSSR count). The summed E-state index contributed by atoms with van der Waals surface area (Å²) in [6.07, 6.45) is 0.727. The van der Waals surface area contributed by atoms with Crippen molar-refractivity contribution in [3.05, 3.63) is 59.2 Å². The van der Waals surface area contributed by atoms with Gasteiger partial charge in [-0.1, -0.05) is 12.1 Å². The van der Waals surface area contributed by atoms with E-state index in [2.05, 4.69) is 5.32 Å². The fourth-order valence-electron chi connectivity index (χ4n) is 3.07. The van der Waals surface area contributed by atoms with Gasteiger partial charge in [-0.05, 0) is 56.7 Å². The van der Waals surface area contributed by atoms with Crippen LogP contribution in [-0.4, -0.2) is 18.6 Å². The van der Waals surface area contributed by atoms with Crippen LogP contribution >= 0.6 is 0 Å². The summed E-state index contributed by atoms with van der Waals surface area (Å²) in [7, 11) is 1.61. The van der Waals surface area contributed by atoms with E-state index in [-0.39, 0.29) is 17.6 Å². The predicted molar refractivity (Wildman–Crippen MR) is 93.7 cm³/mol. The lowest BCUT2D eigenvalue weighted by Gasteiger charge is -2.38. The van der Waals surface area contributed by atoms with Crippen LogP contribution in [0.2, 0.25) is 0 Å². The van der Waals surface area contributed by atoms with Crippen molar-refractivity contribution in [1.29, 1.82) is 0 Å². The van der Waals surface area contributed by atoms with E-state index in [1.54, 1.807) is 31.4 Å². The highest BCUT2D eigenvalue weighted by atomic mass is 16.5. The van der Waals surface area contributed by atoms with Crippen LogP contribution in [0.4, 0.5) is 0 Å². The number of benzene rings is 2. The fourth-order valence-corrected chi connectivity index (χ4v) is 3.07. The molecule has 0 spiro atoms. The Hall–Kier alpha value is -2.49. The van der Waals surface area contributed by atoms with Crippen molar-refractivity contribution in [1.82, 2.24) is 5.32 Å². The molecule has 0 unspecified atom stereocenters. The van der Waals surface area contributed by atoms with E-state index in [1.165, 1.54) is 0 Å². The van der Waals surface area contributed by atoms with Gasteiger partial charge < -0.3 is 14.8 Å². The van der Waals surface area contributed by atoms with Crippen molar-refractivity contribution >= 4 is 5.91 Å². The Kier molecular flexibility index (Phi) is 4.22. The zero-order chi connectivity index (χ0) is 17.3. The van der Waals surface area contributed by atoms with E-state index in [1.807, 2.05) is 39.0 Å². The first kappa shape index (κ1) is 16.4. The van der Waals surface area contributed by atoms with Crippen LogP contribution in [0.25, 0.3) is 0 Å². The molecule has 0 saturated heterocycles. The Balaban J connectivity index is 1.84. The van der Waals surface area contributed by atoms with Gasteiger partial charge in [-0.15, -0.1) is 0 Å². The van der Waals surface area contributed by atoms with E-state index >= 15 is 0 Å². The van der Waals surface area contributed by atoms with Gasteiger partial charge in [0.15, 0.2) is 0 Å². The lowest BCUT2D eigenvalue weighted by molar-refractivity contribution is 0.0619. The summed E-state index contributed by atoms with van der Waals surface area (Å²) in [5.41, 5.74) is 2.47. The number of fused-ring (bicyclic) bond motifs is 1. The molecule has 1 aliphatic rings. The second-order valence-electron chi connectivity index (χ2n) is 6.86.